The zero-order chi connectivity index (χ0) is 19.2. The normalized spacial score (nSPS) is 11.8. The number of sulfone groups is 1. The van der Waals surface area contributed by atoms with Crippen LogP contribution in [0.15, 0.2) is 39.8 Å². The van der Waals surface area contributed by atoms with Gasteiger partial charge in [-0.2, -0.15) is 0 Å². The van der Waals surface area contributed by atoms with Crippen LogP contribution >= 0.6 is 23.2 Å². The lowest BCUT2D eigenvalue weighted by Crippen LogP contribution is -2.03. The molecule has 0 saturated carbocycles. The quantitative estimate of drug-likeness (QED) is 0.579. The maximum atomic E-state index is 14.6. The highest BCUT2D eigenvalue weighted by molar-refractivity contribution is 7.90. The van der Waals surface area contributed by atoms with Crippen molar-refractivity contribution in [2.75, 3.05) is 6.26 Å². The number of nitrogens with zero attached hydrogens (tertiary/aromatic N) is 1. The molecule has 1 aromatic heterocycles. The van der Waals surface area contributed by atoms with Crippen molar-refractivity contribution in [2.24, 2.45) is 0 Å². The predicted octanol–water partition coefficient (Wildman–Crippen LogP) is 5.31. The van der Waals surface area contributed by atoms with Crippen molar-refractivity contribution in [3.63, 3.8) is 0 Å². The third-order valence-electron chi connectivity index (χ3n) is 3.69. The fraction of sp³-hybridized carbons (Fsp3) is 0.118. The van der Waals surface area contributed by atoms with Gasteiger partial charge in [0.05, 0.1) is 5.56 Å². The summed E-state index contributed by atoms with van der Waals surface area (Å²) in [7, 11) is -3.91. The Hall–Kier alpha value is -1.96. The summed E-state index contributed by atoms with van der Waals surface area (Å²) in [4.78, 5) is -0.722. The van der Waals surface area contributed by atoms with E-state index in [2.05, 4.69) is 5.16 Å². The van der Waals surface area contributed by atoms with E-state index in [1.54, 1.807) is 12.1 Å². The molecule has 136 valence electrons. The van der Waals surface area contributed by atoms with Gasteiger partial charge in [0, 0.05) is 27.4 Å². The van der Waals surface area contributed by atoms with Crippen LogP contribution in [-0.4, -0.2) is 19.8 Å². The van der Waals surface area contributed by atoms with Crippen molar-refractivity contribution < 1.29 is 21.7 Å². The van der Waals surface area contributed by atoms with E-state index in [0.717, 1.165) is 12.3 Å². The summed E-state index contributed by atoms with van der Waals surface area (Å²) in [6.07, 6.45) is 0.800. The topological polar surface area (TPSA) is 60.2 Å². The smallest absolute Gasteiger partial charge is 0.178 e. The molecule has 0 atom stereocenters. The first kappa shape index (κ1) is 18.8. The van der Waals surface area contributed by atoms with Crippen LogP contribution in [-0.2, 0) is 9.84 Å². The number of aryl methyl sites for hydroxylation is 1. The molecule has 26 heavy (non-hydrogen) atoms. The molecule has 1 heterocycles. The molecular weight excluding hydrogens is 407 g/mol. The Kier molecular flexibility index (Phi) is 4.81. The third-order valence-corrected chi connectivity index (χ3v) is 5.24. The van der Waals surface area contributed by atoms with Gasteiger partial charge in [0.25, 0.3) is 0 Å². The molecule has 0 saturated heterocycles. The summed E-state index contributed by atoms with van der Waals surface area (Å²) in [5.74, 6) is -1.77. The lowest BCUT2D eigenvalue weighted by molar-refractivity contribution is 0.400. The van der Waals surface area contributed by atoms with E-state index in [-0.39, 0.29) is 22.6 Å². The highest BCUT2D eigenvalue weighted by atomic mass is 35.5. The van der Waals surface area contributed by atoms with Crippen LogP contribution in [0.1, 0.15) is 5.76 Å². The van der Waals surface area contributed by atoms with Crippen molar-refractivity contribution in [2.45, 2.75) is 11.8 Å². The Morgan fingerprint density at radius 2 is 1.62 bits per heavy atom. The van der Waals surface area contributed by atoms with Crippen LogP contribution in [0.25, 0.3) is 22.4 Å². The van der Waals surface area contributed by atoms with Gasteiger partial charge >= 0.3 is 0 Å². The average molecular weight is 418 g/mol. The minimum Gasteiger partial charge on any atom is -0.360 e. The first-order valence-corrected chi connectivity index (χ1v) is 9.85. The minimum absolute atomic E-state index is 0.180. The molecule has 0 aliphatic heterocycles. The molecule has 0 aliphatic rings. The average Bonchev–Trinajstić information content (AvgIpc) is 2.88. The largest absolute Gasteiger partial charge is 0.360 e. The van der Waals surface area contributed by atoms with Gasteiger partial charge < -0.3 is 4.52 Å². The lowest BCUT2D eigenvalue weighted by Gasteiger charge is -2.08. The predicted molar refractivity (Wildman–Crippen MR) is 95.2 cm³/mol. The van der Waals surface area contributed by atoms with Crippen LogP contribution in [0.5, 0.6) is 0 Å². The van der Waals surface area contributed by atoms with Gasteiger partial charge in [0.2, 0.25) is 0 Å². The van der Waals surface area contributed by atoms with Crippen LogP contribution in [0.4, 0.5) is 8.78 Å². The molecule has 0 radical (unpaired) electrons. The summed E-state index contributed by atoms with van der Waals surface area (Å²) in [5.41, 5.74) is 0.651. The molecule has 9 heteroatoms. The first-order chi connectivity index (χ1) is 12.1. The molecule has 3 aromatic rings. The second kappa shape index (κ2) is 6.64. The summed E-state index contributed by atoms with van der Waals surface area (Å²) in [6.45, 7) is 1.53. The van der Waals surface area contributed by atoms with Gasteiger partial charge in [-0.15, -0.1) is 0 Å². The van der Waals surface area contributed by atoms with E-state index in [0.29, 0.717) is 21.7 Å². The Labute approximate surface area is 158 Å². The van der Waals surface area contributed by atoms with E-state index in [4.69, 9.17) is 27.7 Å². The standard InChI is InChI=1S/C17H11Cl2F2NO3S/c1-8-16(12-6-14(21)15(7-13(12)20)26(2,23)24)17(22-25-8)9-3-10(18)5-11(19)4-9/h3-7H,1-2H3. The molecular formula is C17H11Cl2F2NO3S. The van der Waals surface area contributed by atoms with E-state index < -0.39 is 26.4 Å². The van der Waals surface area contributed by atoms with Gasteiger partial charge in [-0.25, -0.2) is 17.2 Å². The zero-order valence-corrected chi connectivity index (χ0v) is 15.8. The molecule has 0 N–H and O–H groups in total. The van der Waals surface area contributed by atoms with Crippen molar-refractivity contribution in [3.05, 3.63) is 57.8 Å². The molecule has 0 amide bonds. The van der Waals surface area contributed by atoms with E-state index in [9.17, 15) is 17.2 Å². The number of aromatic nitrogens is 1. The van der Waals surface area contributed by atoms with Crippen LogP contribution in [0, 0.1) is 18.6 Å². The van der Waals surface area contributed by atoms with Gasteiger partial charge in [-0.3, -0.25) is 0 Å². The third kappa shape index (κ3) is 3.47. The van der Waals surface area contributed by atoms with Gasteiger partial charge in [0.15, 0.2) is 9.84 Å². The molecule has 0 unspecified atom stereocenters. The SMILES string of the molecule is Cc1onc(-c2cc(Cl)cc(Cl)c2)c1-c1cc(F)c(S(C)(=O)=O)cc1F. The summed E-state index contributed by atoms with van der Waals surface area (Å²) in [5, 5.41) is 4.55. The fourth-order valence-corrected chi connectivity index (χ4v) is 3.84. The van der Waals surface area contributed by atoms with Crippen molar-refractivity contribution in [1.82, 2.24) is 5.16 Å². The van der Waals surface area contributed by atoms with E-state index in [1.165, 1.54) is 13.0 Å². The molecule has 0 aliphatic carbocycles. The van der Waals surface area contributed by atoms with Crippen LogP contribution in [0.2, 0.25) is 10.0 Å². The summed E-state index contributed by atoms with van der Waals surface area (Å²) < 4.78 is 57.1. The number of rotatable bonds is 3. The summed E-state index contributed by atoms with van der Waals surface area (Å²) >= 11 is 12.0. The maximum Gasteiger partial charge on any atom is 0.178 e. The first-order valence-electron chi connectivity index (χ1n) is 7.20. The second-order valence-electron chi connectivity index (χ2n) is 5.66. The molecule has 0 bridgehead atoms. The van der Waals surface area contributed by atoms with Crippen LogP contribution < -0.4 is 0 Å². The highest BCUT2D eigenvalue weighted by Crippen LogP contribution is 2.38. The fourth-order valence-electron chi connectivity index (χ4n) is 2.58. The maximum absolute atomic E-state index is 14.6. The molecule has 4 nitrogen and oxygen atoms in total. The van der Waals surface area contributed by atoms with Crippen molar-refractivity contribution in [3.8, 4) is 22.4 Å². The van der Waals surface area contributed by atoms with Gasteiger partial charge in [-0.05, 0) is 37.3 Å². The molecule has 2 aromatic carbocycles. The van der Waals surface area contributed by atoms with Crippen molar-refractivity contribution in [1.29, 1.82) is 0 Å². The molecule has 0 fully saturated rings. The monoisotopic (exact) mass is 417 g/mol. The lowest BCUT2D eigenvalue weighted by atomic mass is 9.99. The number of halogens is 4. The Balaban J connectivity index is 2.26. The Bertz CT molecular complexity index is 1110. The summed E-state index contributed by atoms with van der Waals surface area (Å²) in [6, 6.07) is 6.06. The molecule has 3 rings (SSSR count). The number of benzene rings is 2. The van der Waals surface area contributed by atoms with Gasteiger partial charge in [-0.1, -0.05) is 28.4 Å². The van der Waals surface area contributed by atoms with E-state index >= 15 is 0 Å². The molecule has 0 spiro atoms. The Morgan fingerprint density at radius 3 is 2.19 bits per heavy atom. The second-order valence-corrected chi connectivity index (χ2v) is 8.51. The number of hydrogen-bond donors (Lipinski definition) is 0. The zero-order valence-electron chi connectivity index (χ0n) is 13.5. The Morgan fingerprint density at radius 1 is 1.00 bits per heavy atom. The minimum atomic E-state index is -3.91. The number of hydrogen-bond acceptors (Lipinski definition) is 4. The van der Waals surface area contributed by atoms with Gasteiger partial charge in [0.1, 0.15) is 28.0 Å². The van der Waals surface area contributed by atoms with Crippen molar-refractivity contribution >= 4 is 33.0 Å². The highest BCUT2D eigenvalue weighted by Gasteiger charge is 2.24. The van der Waals surface area contributed by atoms with Crippen LogP contribution in [0.3, 0.4) is 0 Å². The van der Waals surface area contributed by atoms with E-state index in [1.807, 2.05) is 0 Å².